The topological polar surface area (TPSA) is 108 Å². The molecule has 2 amide bonds. The molecule has 0 spiro atoms. The number of fused-ring (bicyclic) bond motifs is 1. The van der Waals surface area contributed by atoms with Crippen molar-refractivity contribution in [2.45, 2.75) is 62.8 Å². The normalized spacial score (nSPS) is 29.1. The number of hydrogen-bond acceptors (Lipinski definition) is 6. The predicted molar refractivity (Wildman–Crippen MR) is 118 cm³/mol. The van der Waals surface area contributed by atoms with Crippen LogP contribution in [0.4, 0.5) is 0 Å². The van der Waals surface area contributed by atoms with E-state index < -0.39 is 37.8 Å². The molecule has 170 valence electrons. The van der Waals surface area contributed by atoms with Crippen molar-refractivity contribution in [1.29, 1.82) is 0 Å². The van der Waals surface area contributed by atoms with Crippen molar-refractivity contribution in [1.82, 2.24) is 10.2 Å². The molecule has 2 saturated heterocycles. The lowest BCUT2D eigenvalue weighted by molar-refractivity contribution is -0.137. The zero-order valence-electron chi connectivity index (χ0n) is 18.6. The highest BCUT2D eigenvalue weighted by atomic mass is 28.3. The smallest absolute Gasteiger partial charge is 0.245 e. The molecule has 1 aliphatic carbocycles. The van der Waals surface area contributed by atoms with Crippen molar-refractivity contribution in [2.75, 3.05) is 20.2 Å². The Kier molecular flexibility index (Phi) is 6.87. The van der Waals surface area contributed by atoms with Gasteiger partial charge in [-0.15, -0.1) is 0 Å². The summed E-state index contributed by atoms with van der Waals surface area (Å²) >= 11 is 0. The average Bonchev–Trinajstić information content (AvgIpc) is 3.35. The Morgan fingerprint density at radius 3 is 2.65 bits per heavy atom. The number of nitrogens with zero attached hydrogens (tertiary/aromatic N) is 1. The Balaban J connectivity index is 1.77. The number of ketones is 1. The van der Waals surface area contributed by atoms with Crippen molar-refractivity contribution in [3.05, 3.63) is 35.8 Å². The summed E-state index contributed by atoms with van der Waals surface area (Å²) in [7, 11) is -0.0185. The second kappa shape index (κ2) is 9.10. The van der Waals surface area contributed by atoms with E-state index in [2.05, 4.69) is 30.7 Å². The van der Waals surface area contributed by atoms with Crippen LogP contribution in [0.15, 0.2) is 35.8 Å². The van der Waals surface area contributed by atoms with Crippen LogP contribution in [0.3, 0.4) is 0 Å². The molecule has 8 nitrogen and oxygen atoms in total. The number of ether oxygens (including phenoxy) is 2. The van der Waals surface area contributed by atoms with Gasteiger partial charge in [-0.1, -0.05) is 37.5 Å². The number of allylic oxidation sites excluding steroid dienone is 2. The molecule has 0 aromatic rings. The van der Waals surface area contributed by atoms with Gasteiger partial charge >= 0.3 is 0 Å². The first-order valence-corrected chi connectivity index (χ1v) is 14.3. The highest BCUT2D eigenvalue weighted by Gasteiger charge is 2.63. The van der Waals surface area contributed by atoms with Crippen molar-refractivity contribution in [3.8, 4) is 0 Å². The highest BCUT2D eigenvalue weighted by molar-refractivity contribution is 6.81. The van der Waals surface area contributed by atoms with Gasteiger partial charge < -0.3 is 24.8 Å². The van der Waals surface area contributed by atoms with Crippen LogP contribution in [-0.4, -0.2) is 79.7 Å². The maximum atomic E-state index is 13.1. The maximum absolute atomic E-state index is 13.1. The van der Waals surface area contributed by atoms with Crippen LogP contribution >= 0.6 is 0 Å². The minimum absolute atomic E-state index is 0.0540. The van der Waals surface area contributed by atoms with Crippen molar-refractivity contribution < 1.29 is 29.0 Å². The Bertz CT molecular complexity index is 824. The van der Waals surface area contributed by atoms with Crippen LogP contribution in [0.2, 0.25) is 19.6 Å². The monoisotopic (exact) mass is 448 g/mol. The Morgan fingerprint density at radius 2 is 2.03 bits per heavy atom. The first-order chi connectivity index (χ1) is 14.5. The number of methoxy groups -OCH3 is 1. The van der Waals surface area contributed by atoms with Crippen LogP contribution in [-0.2, 0) is 23.9 Å². The summed E-state index contributed by atoms with van der Waals surface area (Å²) in [6, 6.07) is -0.974. The SMILES string of the molecule is COC1=CC(=O)[C@H]2O[C@H]2[C@]1(O)C[C@@H](NC(=O)/C=C/C=C/[Si](C)(C)C)C(=O)N1CCCC1. The number of nitrogens with one attached hydrogen (secondary N) is 1. The lowest BCUT2D eigenvalue weighted by atomic mass is 9.82. The fourth-order valence-electron chi connectivity index (χ4n) is 4.00. The molecule has 0 bridgehead atoms. The minimum atomic E-state index is -1.66. The number of carbonyl (C=O) groups excluding carboxylic acids is 3. The van der Waals surface area contributed by atoms with E-state index in [9.17, 15) is 19.5 Å². The number of aliphatic hydroxyl groups is 1. The van der Waals surface area contributed by atoms with E-state index in [1.165, 1.54) is 19.3 Å². The van der Waals surface area contributed by atoms with Gasteiger partial charge in [-0.3, -0.25) is 14.4 Å². The zero-order chi connectivity index (χ0) is 22.8. The average molecular weight is 449 g/mol. The van der Waals surface area contributed by atoms with Crippen LogP contribution in [0.5, 0.6) is 0 Å². The molecular weight excluding hydrogens is 416 g/mol. The van der Waals surface area contributed by atoms with Gasteiger partial charge in [0, 0.05) is 31.7 Å². The molecule has 0 aromatic heterocycles. The lowest BCUT2D eigenvalue weighted by Gasteiger charge is -2.34. The summed E-state index contributed by atoms with van der Waals surface area (Å²) in [6.45, 7) is 7.79. The van der Waals surface area contributed by atoms with Gasteiger partial charge in [0.15, 0.2) is 11.4 Å². The third-order valence-electron chi connectivity index (χ3n) is 5.67. The van der Waals surface area contributed by atoms with Crippen LogP contribution in [0.25, 0.3) is 0 Å². The number of carbonyl (C=O) groups is 3. The zero-order valence-corrected chi connectivity index (χ0v) is 19.6. The van der Waals surface area contributed by atoms with Gasteiger partial charge in [-0.2, -0.15) is 0 Å². The van der Waals surface area contributed by atoms with Crippen molar-refractivity contribution in [2.24, 2.45) is 0 Å². The molecule has 0 aromatic carbocycles. The Labute approximate surface area is 184 Å². The molecule has 0 radical (unpaired) electrons. The van der Waals surface area contributed by atoms with Crippen LogP contribution < -0.4 is 5.32 Å². The second-order valence-electron chi connectivity index (χ2n) is 9.40. The van der Waals surface area contributed by atoms with Gasteiger partial charge in [0.25, 0.3) is 0 Å². The first-order valence-electron chi connectivity index (χ1n) is 10.7. The predicted octanol–water partition coefficient (Wildman–Crippen LogP) is 1.08. The molecule has 0 unspecified atom stereocenters. The fourth-order valence-corrected chi connectivity index (χ4v) is 4.69. The van der Waals surface area contributed by atoms with Gasteiger partial charge in [-0.25, -0.2) is 0 Å². The summed E-state index contributed by atoms with van der Waals surface area (Å²) < 4.78 is 10.6. The van der Waals surface area contributed by atoms with Crippen LogP contribution in [0, 0.1) is 0 Å². The van der Waals surface area contributed by atoms with Crippen LogP contribution in [0.1, 0.15) is 19.3 Å². The minimum Gasteiger partial charge on any atom is -0.498 e. The highest BCUT2D eigenvalue weighted by Crippen LogP contribution is 2.44. The van der Waals surface area contributed by atoms with E-state index in [-0.39, 0.29) is 23.9 Å². The quantitative estimate of drug-likeness (QED) is 0.249. The molecule has 0 saturated carbocycles. The molecule has 9 heteroatoms. The molecule has 31 heavy (non-hydrogen) atoms. The van der Waals surface area contributed by atoms with E-state index in [4.69, 9.17) is 9.47 Å². The lowest BCUT2D eigenvalue weighted by Crippen LogP contribution is -2.54. The molecule has 2 aliphatic heterocycles. The van der Waals surface area contributed by atoms with Gasteiger partial charge in [0.1, 0.15) is 24.0 Å². The summed E-state index contributed by atoms with van der Waals surface area (Å²) in [5.41, 5.74) is 0.438. The summed E-state index contributed by atoms with van der Waals surface area (Å²) in [5.74, 6) is -0.896. The molecule has 3 aliphatic rings. The molecule has 3 rings (SSSR count). The number of hydrogen-bond donors (Lipinski definition) is 2. The van der Waals surface area contributed by atoms with E-state index in [0.717, 1.165) is 12.8 Å². The maximum Gasteiger partial charge on any atom is 0.245 e. The van der Waals surface area contributed by atoms with E-state index in [0.29, 0.717) is 13.1 Å². The number of likely N-dealkylation sites (tertiary alicyclic amines) is 1. The molecule has 2 heterocycles. The van der Waals surface area contributed by atoms with Crippen molar-refractivity contribution in [3.63, 3.8) is 0 Å². The Hall–Kier alpha value is -2.23. The van der Waals surface area contributed by atoms with Gasteiger partial charge in [-0.05, 0) is 12.8 Å². The van der Waals surface area contributed by atoms with E-state index in [1.54, 1.807) is 11.0 Å². The molecule has 2 fully saturated rings. The third kappa shape index (κ3) is 5.52. The number of amides is 2. The van der Waals surface area contributed by atoms with Gasteiger partial charge in [0.2, 0.25) is 11.8 Å². The molecule has 2 N–H and O–H groups in total. The van der Waals surface area contributed by atoms with E-state index in [1.807, 2.05) is 6.08 Å². The first kappa shape index (κ1) is 23.4. The van der Waals surface area contributed by atoms with E-state index >= 15 is 0 Å². The van der Waals surface area contributed by atoms with Crippen molar-refractivity contribution >= 4 is 25.7 Å². The number of rotatable bonds is 8. The summed E-state index contributed by atoms with van der Waals surface area (Å²) in [5, 5.41) is 14.1. The fraction of sp³-hybridized carbons (Fsp3) is 0.591. The molecular formula is C22H32N2O6Si. The standard InChI is InChI=1S/C22H32N2O6Si/c1-29-17-13-16(25)19-20(30-19)22(17,28)14-15(21(27)24-10-6-7-11-24)23-18(26)9-5-8-12-31(2,3)4/h5,8-9,12-13,15,19-20,28H,6-7,10-11,14H2,1-4H3,(H,23,26)/b9-5+,12-8+/t15-,19-,20-,22+/m1/s1. The van der Waals surface area contributed by atoms with Gasteiger partial charge in [0.05, 0.1) is 15.2 Å². The Morgan fingerprint density at radius 1 is 1.35 bits per heavy atom. The third-order valence-corrected chi connectivity index (χ3v) is 6.86. The summed E-state index contributed by atoms with van der Waals surface area (Å²) in [4.78, 5) is 39.3. The second-order valence-corrected chi connectivity index (χ2v) is 14.5. The largest absolute Gasteiger partial charge is 0.498 e. The number of epoxide rings is 1. The summed E-state index contributed by atoms with van der Waals surface area (Å²) in [6.07, 6.45) is 6.26. The molecule has 4 atom stereocenters.